The highest BCUT2D eigenvalue weighted by molar-refractivity contribution is 5.78. The van der Waals surface area contributed by atoms with Crippen molar-refractivity contribution in [3.8, 4) is 5.69 Å². The summed E-state index contributed by atoms with van der Waals surface area (Å²) in [4.78, 5) is 27.7. The number of nitro groups is 1. The number of amides is 1. The van der Waals surface area contributed by atoms with Crippen LogP contribution in [0.1, 0.15) is 29.6 Å². The quantitative estimate of drug-likeness (QED) is 0.393. The molecule has 3 heterocycles. The van der Waals surface area contributed by atoms with Gasteiger partial charge in [-0.25, -0.2) is 4.68 Å². The number of carbonyl (C=O) groups is 1. The molecule has 10 heteroatoms. The average Bonchev–Trinajstić information content (AvgIpc) is 3.34. The number of benzene rings is 1. The molecule has 0 bridgehead atoms. The van der Waals surface area contributed by atoms with Gasteiger partial charge < -0.3 is 15.0 Å². The fourth-order valence-corrected chi connectivity index (χ4v) is 4.49. The van der Waals surface area contributed by atoms with Crippen LogP contribution in [0.15, 0.2) is 36.4 Å². The molecule has 1 atom stereocenters. The van der Waals surface area contributed by atoms with Gasteiger partial charge in [0.05, 0.1) is 40.7 Å². The number of hydrogen-bond acceptors (Lipinski definition) is 6. The van der Waals surface area contributed by atoms with Gasteiger partial charge in [0.2, 0.25) is 5.91 Å². The molecule has 10 nitrogen and oxygen atoms in total. The summed E-state index contributed by atoms with van der Waals surface area (Å²) < 4.78 is 3.54. The summed E-state index contributed by atoms with van der Waals surface area (Å²) in [6.07, 6.45) is 0. The lowest BCUT2D eigenvalue weighted by Gasteiger charge is -2.36. The standard InChI is InChI=1S/C24H31N7O3/c1-17(15-29-18(2)14-23(26-29)31(33)34)24(32)28-12-10-27(11-13-28)16-22-19(3)25-30(20(22)4)21-8-6-5-7-9-21/h5-9,14,17H,10-13,15-16H2,1-4H3. The van der Waals surface area contributed by atoms with E-state index in [1.807, 2.05) is 41.6 Å². The molecule has 1 aliphatic rings. The van der Waals surface area contributed by atoms with E-state index in [0.717, 1.165) is 36.7 Å². The van der Waals surface area contributed by atoms with E-state index in [1.54, 1.807) is 11.6 Å². The van der Waals surface area contributed by atoms with Gasteiger partial charge in [-0.1, -0.05) is 25.1 Å². The summed E-state index contributed by atoms with van der Waals surface area (Å²) in [7, 11) is 0. The topological polar surface area (TPSA) is 102 Å². The monoisotopic (exact) mass is 465 g/mol. The lowest BCUT2D eigenvalue weighted by Crippen LogP contribution is -2.50. The minimum absolute atomic E-state index is 0.0569. The Labute approximate surface area is 198 Å². The number of rotatable bonds is 7. The summed E-state index contributed by atoms with van der Waals surface area (Å²) in [6, 6.07) is 11.6. The molecule has 1 unspecified atom stereocenters. The zero-order valence-electron chi connectivity index (χ0n) is 20.1. The third kappa shape index (κ3) is 4.86. The van der Waals surface area contributed by atoms with Crippen LogP contribution >= 0.6 is 0 Å². The van der Waals surface area contributed by atoms with Crippen LogP contribution in [-0.2, 0) is 17.9 Å². The Morgan fingerprint density at radius 3 is 2.38 bits per heavy atom. The molecule has 2 aromatic heterocycles. The van der Waals surface area contributed by atoms with Gasteiger partial charge in [-0.15, -0.1) is 0 Å². The number of para-hydroxylation sites is 1. The molecule has 3 aromatic rings. The molecule has 1 amide bonds. The van der Waals surface area contributed by atoms with Crippen LogP contribution in [0.5, 0.6) is 0 Å². The van der Waals surface area contributed by atoms with Crippen molar-refractivity contribution in [3.63, 3.8) is 0 Å². The van der Waals surface area contributed by atoms with Crippen molar-refractivity contribution in [2.45, 2.75) is 40.8 Å². The van der Waals surface area contributed by atoms with Crippen molar-refractivity contribution in [2.24, 2.45) is 5.92 Å². The van der Waals surface area contributed by atoms with Gasteiger partial charge in [-0.2, -0.15) is 9.78 Å². The van der Waals surface area contributed by atoms with Crippen LogP contribution in [0.2, 0.25) is 0 Å². The first-order valence-corrected chi connectivity index (χ1v) is 11.5. The number of nitrogens with zero attached hydrogens (tertiary/aromatic N) is 7. The predicted molar refractivity (Wildman–Crippen MR) is 128 cm³/mol. The first-order chi connectivity index (χ1) is 16.2. The smallest absolute Gasteiger partial charge is 0.358 e. The fourth-order valence-electron chi connectivity index (χ4n) is 4.49. The van der Waals surface area contributed by atoms with Crippen molar-refractivity contribution < 1.29 is 9.72 Å². The number of hydrogen-bond donors (Lipinski definition) is 0. The third-order valence-corrected chi connectivity index (χ3v) is 6.53. The van der Waals surface area contributed by atoms with Crippen LogP contribution in [0, 0.1) is 36.8 Å². The van der Waals surface area contributed by atoms with Crippen LogP contribution in [0.25, 0.3) is 5.69 Å². The van der Waals surface area contributed by atoms with Gasteiger partial charge in [-0.3, -0.25) is 9.69 Å². The minimum Gasteiger partial charge on any atom is -0.358 e. The van der Waals surface area contributed by atoms with E-state index in [9.17, 15) is 14.9 Å². The van der Waals surface area contributed by atoms with E-state index in [4.69, 9.17) is 5.10 Å². The Kier molecular flexibility index (Phi) is 6.78. The van der Waals surface area contributed by atoms with E-state index >= 15 is 0 Å². The van der Waals surface area contributed by atoms with Gasteiger partial charge >= 0.3 is 5.82 Å². The number of piperazine rings is 1. The molecule has 4 rings (SSSR count). The summed E-state index contributed by atoms with van der Waals surface area (Å²) in [6.45, 7) is 11.8. The normalized spacial score (nSPS) is 15.5. The molecule has 180 valence electrons. The van der Waals surface area contributed by atoms with Crippen molar-refractivity contribution in [2.75, 3.05) is 26.2 Å². The lowest BCUT2D eigenvalue weighted by atomic mass is 10.1. The Morgan fingerprint density at radius 1 is 1.09 bits per heavy atom. The maximum Gasteiger partial charge on any atom is 0.390 e. The molecule has 34 heavy (non-hydrogen) atoms. The summed E-state index contributed by atoms with van der Waals surface area (Å²) >= 11 is 0. The first-order valence-electron chi connectivity index (χ1n) is 11.5. The molecular formula is C24H31N7O3. The molecular weight excluding hydrogens is 434 g/mol. The van der Waals surface area contributed by atoms with E-state index in [1.165, 1.54) is 11.6 Å². The highest BCUT2D eigenvalue weighted by Crippen LogP contribution is 2.21. The van der Waals surface area contributed by atoms with Gasteiger partial charge in [0.15, 0.2) is 0 Å². The molecule has 0 N–H and O–H groups in total. The maximum absolute atomic E-state index is 13.0. The zero-order valence-corrected chi connectivity index (χ0v) is 20.1. The molecule has 1 aliphatic heterocycles. The number of carbonyl (C=O) groups excluding carboxylic acids is 1. The van der Waals surface area contributed by atoms with Crippen molar-refractivity contribution in [1.29, 1.82) is 0 Å². The SMILES string of the molecule is Cc1nn(-c2ccccc2)c(C)c1CN1CCN(C(=O)C(C)Cn2nc([N+](=O)[O-])cc2C)CC1. The molecule has 0 radical (unpaired) electrons. The minimum atomic E-state index is -0.512. The molecule has 1 saturated heterocycles. The van der Waals surface area contributed by atoms with Crippen LogP contribution in [0.3, 0.4) is 0 Å². The van der Waals surface area contributed by atoms with Gasteiger partial charge in [0, 0.05) is 44.0 Å². The lowest BCUT2D eigenvalue weighted by molar-refractivity contribution is -0.389. The van der Waals surface area contributed by atoms with Crippen molar-refractivity contribution in [1.82, 2.24) is 29.4 Å². The molecule has 0 spiro atoms. The Hall–Kier alpha value is -3.53. The Balaban J connectivity index is 1.34. The fraction of sp³-hybridized carbons (Fsp3) is 0.458. The first kappa shape index (κ1) is 23.6. The Bertz CT molecular complexity index is 1180. The van der Waals surface area contributed by atoms with E-state index in [0.29, 0.717) is 25.3 Å². The predicted octanol–water partition coefficient (Wildman–Crippen LogP) is 2.88. The molecule has 1 fully saturated rings. The van der Waals surface area contributed by atoms with E-state index in [-0.39, 0.29) is 17.6 Å². The average molecular weight is 466 g/mol. The Morgan fingerprint density at radius 2 is 1.76 bits per heavy atom. The van der Waals surface area contributed by atoms with Gasteiger partial charge in [0.25, 0.3) is 0 Å². The molecule has 0 saturated carbocycles. The van der Waals surface area contributed by atoms with Crippen molar-refractivity contribution in [3.05, 3.63) is 69.2 Å². The summed E-state index contributed by atoms with van der Waals surface area (Å²) in [5.41, 5.74) is 5.12. The zero-order chi connectivity index (χ0) is 24.4. The van der Waals surface area contributed by atoms with Crippen LogP contribution < -0.4 is 0 Å². The molecule has 1 aromatic carbocycles. The second kappa shape index (κ2) is 9.76. The number of aromatic nitrogens is 4. The number of aryl methyl sites for hydroxylation is 2. The van der Waals surface area contributed by atoms with E-state index in [2.05, 4.69) is 29.1 Å². The largest absolute Gasteiger partial charge is 0.390 e. The summed E-state index contributed by atoms with van der Waals surface area (Å²) in [5, 5.41) is 19.7. The summed E-state index contributed by atoms with van der Waals surface area (Å²) in [5.74, 6) is -0.438. The second-order valence-electron chi connectivity index (χ2n) is 8.98. The van der Waals surface area contributed by atoms with Crippen LogP contribution in [0.4, 0.5) is 5.82 Å². The molecule has 0 aliphatic carbocycles. The maximum atomic E-state index is 13.0. The third-order valence-electron chi connectivity index (χ3n) is 6.53. The van der Waals surface area contributed by atoms with Crippen molar-refractivity contribution >= 4 is 11.7 Å². The van der Waals surface area contributed by atoms with E-state index < -0.39 is 4.92 Å². The highest BCUT2D eigenvalue weighted by Gasteiger charge is 2.28. The second-order valence-corrected chi connectivity index (χ2v) is 8.98. The van der Waals surface area contributed by atoms with Crippen LogP contribution in [-0.4, -0.2) is 66.4 Å². The van der Waals surface area contributed by atoms with Gasteiger partial charge in [0.1, 0.15) is 0 Å². The highest BCUT2D eigenvalue weighted by atomic mass is 16.6. The van der Waals surface area contributed by atoms with Gasteiger partial charge in [-0.05, 0) is 37.8 Å².